The fourth-order valence-electron chi connectivity index (χ4n) is 2.07. The first kappa shape index (κ1) is 14.3. The molecule has 0 aromatic carbocycles. The molecule has 0 unspecified atom stereocenters. The number of aromatic nitrogens is 2. The molecule has 0 radical (unpaired) electrons. The topological polar surface area (TPSA) is 67.4 Å². The Labute approximate surface area is 108 Å². The third-order valence-electron chi connectivity index (χ3n) is 3.09. The van der Waals surface area contributed by atoms with Crippen LogP contribution in [0.3, 0.4) is 0 Å². The number of likely N-dealkylation sites (N-methyl/N-ethyl adjacent to an activating group) is 2. The summed E-state index contributed by atoms with van der Waals surface area (Å²) in [7, 11) is 3.69. The molecule has 0 fully saturated rings. The van der Waals surface area contributed by atoms with Crippen molar-refractivity contribution < 1.29 is 4.79 Å². The molecule has 102 valence electrons. The van der Waals surface area contributed by atoms with E-state index in [4.69, 9.17) is 5.73 Å². The maximum Gasteiger partial charge on any atom is 0.242 e. The van der Waals surface area contributed by atoms with Crippen molar-refractivity contribution in [3.05, 3.63) is 5.69 Å². The lowest BCUT2D eigenvalue weighted by Crippen LogP contribution is -2.39. The summed E-state index contributed by atoms with van der Waals surface area (Å²) in [6.07, 6.45) is 0. The zero-order valence-electron chi connectivity index (χ0n) is 11.9. The van der Waals surface area contributed by atoms with Gasteiger partial charge in [-0.2, -0.15) is 5.10 Å². The van der Waals surface area contributed by atoms with E-state index in [0.717, 1.165) is 24.6 Å². The predicted molar refractivity (Wildman–Crippen MR) is 73.6 cm³/mol. The first-order valence-electron chi connectivity index (χ1n) is 6.20. The Balaban J connectivity index is 2.82. The van der Waals surface area contributed by atoms with Gasteiger partial charge in [0.15, 0.2) is 5.82 Å². The van der Waals surface area contributed by atoms with Gasteiger partial charge in [0.25, 0.3) is 0 Å². The van der Waals surface area contributed by atoms with Gasteiger partial charge in [-0.3, -0.25) is 9.48 Å². The summed E-state index contributed by atoms with van der Waals surface area (Å²) in [5, 5.41) is 4.25. The van der Waals surface area contributed by atoms with Crippen molar-refractivity contribution in [1.29, 1.82) is 0 Å². The van der Waals surface area contributed by atoms with Gasteiger partial charge in [-0.1, -0.05) is 0 Å². The molecule has 0 bridgehead atoms. The van der Waals surface area contributed by atoms with Gasteiger partial charge in [0.1, 0.15) is 0 Å². The van der Waals surface area contributed by atoms with E-state index in [1.807, 2.05) is 39.8 Å². The number of hydrogen-bond acceptors (Lipinski definition) is 4. The number of nitrogens with zero attached hydrogens (tertiary/aromatic N) is 4. The summed E-state index contributed by atoms with van der Waals surface area (Å²) < 4.78 is 1.71. The Morgan fingerprint density at radius 3 is 2.33 bits per heavy atom. The maximum absolute atomic E-state index is 12.0. The molecule has 6 heteroatoms. The third-order valence-corrected chi connectivity index (χ3v) is 3.09. The number of amides is 1. The highest BCUT2D eigenvalue weighted by atomic mass is 16.2. The van der Waals surface area contributed by atoms with Crippen LogP contribution in [0, 0.1) is 6.92 Å². The summed E-state index contributed by atoms with van der Waals surface area (Å²) in [5.74, 6) is 0.883. The molecule has 0 saturated carbocycles. The second kappa shape index (κ2) is 5.75. The minimum absolute atomic E-state index is 0.0979. The van der Waals surface area contributed by atoms with Crippen LogP contribution in [0.2, 0.25) is 0 Å². The normalized spacial score (nSPS) is 10.5. The van der Waals surface area contributed by atoms with E-state index in [0.29, 0.717) is 12.2 Å². The maximum atomic E-state index is 12.0. The average Bonchev–Trinajstić information content (AvgIpc) is 2.54. The van der Waals surface area contributed by atoms with Gasteiger partial charge in [0, 0.05) is 27.2 Å². The molecule has 0 atom stereocenters. The van der Waals surface area contributed by atoms with Crippen LogP contribution in [-0.4, -0.2) is 47.3 Å². The number of carbonyl (C=O) groups excluding carboxylic acids is 1. The highest BCUT2D eigenvalue weighted by Crippen LogP contribution is 2.24. The molecule has 0 aliphatic rings. The van der Waals surface area contributed by atoms with E-state index < -0.39 is 0 Å². The van der Waals surface area contributed by atoms with Gasteiger partial charge in [-0.15, -0.1) is 0 Å². The molecule has 0 saturated heterocycles. The van der Waals surface area contributed by atoms with E-state index >= 15 is 0 Å². The Bertz CT molecular complexity index is 422. The van der Waals surface area contributed by atoms with Crippen molar-refractivity contribution in [2.45, 2.75) is 20.8 Å². The van der Waals surface area contributed by atoms with Gasteiger partial charge in [0.05, 0.1) is 17.9 Å². The van der Waals surface area contributed by atoms with Crippen LogP contribution < -0.4 is 10.6 Å². The zero-order chi connectivity index (χ0) is 13.9. The van der Waals surface area contributed by atoms with Crippen LogP contribution in [0.1, 0.15) is 19.5 Å². The quantitative estimate of drug-likeness (QED) is 0.835. The molecule has 1 heterocycles. The fraction of sp³-hybridized carbons (Fsp3) is 0.667. The van der Waals surface area contributed by atoms with Gasteiger partial charge < -0.3 is 15.5 Å². The summed E-state index contributed by atoms with van der Waals surface area (Å²) in [6, 6.07) is 0. The average molecular weight is 253 g/mol. The monoisotopic (exact) mass is 253 g/mol. The number of hydrogen-bond donors (Lipinski definition) is 1. The summed E-state index contributed by atoms with van der Waals surface area (Å²) in [5.41, 5.74) is 7.39. The van der Waals surface area contributed by atoms with Gasteiger partial charge in [0.2, 0.25) is 5.91 Å². The van der Waals surface area contributed by atoms with Crippen LogP contribution in [0.4, 0.5) is 11.5 Å². The molecule has 0 aliphatic carbocycles. The van der Waals surface area contributed by atoms with Crippen molar-refractivity contribution >= 4 is 17.4 Å². The van der Waals surface area contributed by atoms with Crippen molar-refractivity contribution in [2.24, 2.45) is 7.05 Å². The lowest BCUT2D eigenvalue weighted by Gasteiger charge is -2.24. The molecule has 0 aliphatic heterocycles. The molecule has 0 spiro atoms. The number of carbonyl (C=O) groups is 1. The Morgan fingerprint density at radius 1 is 1.39 bits per heavy atom. The number of nitrogens with two attached hydrogens (primary N) is 1. The summed E-state index contributed by atoms with van der Waals surface area (Å²) in [6.45, 7) is 7.57. The molecule has 1 amide bonds. The highest BCUT2D eigenvalue weighted by molar-refractivity contribution is 5.82. The van der Waals surface area contributed by atoms with Crippen LogP contribution in [-0.2, 0) is 11.8 Å². The van der Waals surface area contributed by atoms with Crippen LogP contribution >= 0.6 is 0 Å². The molecule has 1 rings (SSSR count). The summed E-state index contributed by atoms with van der Waals surface area (Å²) >= 11 is 0. The number of nitrogen functional groups attached to an aromatic ring is 1. The van der Waals surface area contributed by atoms with Crippen molar-refractivity contribution in [2.75, 3.05) is 37.3 Å². The first-order valence-corrected chi connectivity index (χ1v) is 6.20. The standard InChI is InChI=1S/C12H23N5O/c1-6-17(7-2)10(18)8-15(4)12-11(13)9(3)14-16(12)5/h6-8,13H2,1-5H3. The largest absolute Gasteiger partial charge is 0.394 e. The van der Waals surface area contributed by atoms with Crippen LogP contribution in [0.5, 0.6) is 0 Å². The number of anilines is 2. The Morgan fingerprint density at radius 2 is 1.94 bits per heavy atom. The molecule has 1 aromatic rings. The third kappa shape index (κ3) is 2.75. The second-order valence-corrected chi connectivity index (χ2v) is 4.37. The van der Waals surface area contributed by atoms with Crippen LogP contribution in [0.25, 0.3) is 0 Å². The Hall–Kier alpha value is -1.72. The van der Waals surface area contributed by atoms with Gasteiger partial charge >= 0.3 is 0 Å². The van der Waals surface area contributed by atoms with Crippen molar-refractivity contribution in [3.8, 4) is 0 Å². The van der Waals surface area contributed by atoms with Crippen LogP contribution in [0.15, 0.2) is 0 Å². The highest BCUT2D eigenvalue weighted by Gasteiger charge is 2.18. The molecule has 1 aromatic heterocycles. The molecular weight excluding hydrogens is 230 g/mol. The van der Waals surface area contributed by atoms with Crippen molar-refractivity contribution in [1.82, 2.24) is 14.7 Å². The first-order chi connectivity index (χ1) is 8.42. The SMILES string of the molecule is CCN(CC)C(=O)CN(C)c1c(N)c(C)nn1C. The molecule has 2 N–H and O–H groups in total. The van der Waals surface area contributed by atoms with E-state index in [1.54, 1.807) is 9.58 Å². The molecule has 6 nitrogen and oxygen atoms in total. The Kier molecular flexibility index (Phi) is 4.58. The number of rotatable bonds is 5. The minimum Gasteiger partial charge on any atom is -0.394 e. The lowest BCUT2D eigenvalue weighted by atomic mass is 10.3. The molecular formula is C12H23N5O. The zero-order valence-corrected chi connectivity index (χ0v) is 11.9. The van der Waals surface area contributed by atoms with E-state index in [1.165, 1.54) is 0 Å². The minimum atomic E-state index is 0.0979. The van der Waals surface area contributed by atoms with Gasteiger partial charge in [-0.05, 0) is 20.8 Å². The van der Waals surface area contributed by atoms with E-state index in [9.17, 15) is 4.79 Å². The fourth-order valence-corrected chi connectivity index (χ4v) is 2.07. The second-order valence-electron chi connectivity index (χ2n) is 4.37. The summed E-state index contributed by atoms with van der Waals surface area (Å²) in [4.78, 5) is 15.7. The van der Waals surface area contributed by atoms with E-state index in [-0.39, 0.29) is 5.91 Å². The predicted octanol–water partition coefficient (Wildman–Crippen LogP) is 0.615. The van der Waals surface area contributed by atoms with E-state index in [2.05, 4.69) is 5.10 Å². The number of aryl methyl sites for hydroxylation is 2. The van der Waals surface area contributed by atoms with Crippen molar-refractivity contribution in [3.63, 3.8) is 0 Å². The lowest BCUT2D eigenvalue weighted by molar-refractivity contribution is -0.129. The smallest absolute Gasteiger partial charge is 0.242 e. The van der Waals surface area contributed by atoms with Gasteiger partial charge in [-0.25, -0.2) is 0 Å². The molecule has 18 heavy (non-hydrogen) atoms.